The highest BCUT2D eigenvalue weighted by atomic mass is 16.5. The first kappa shape index (κ1) is 19.5. The molecule has 1 heterocycles. The van der Waals surface area contributed by atoms with Crippen LogP contribution < -0.4 is 15.4 Å². The van der Waals surface area contributed by atoms with Crippen LogP contribution in [-0.4, -0.2) is 37.0 Å². The molecule has 146 valence electrons. The molecule has 0 spiro atoms. The number of benzene rings is 2. The van der Waals surface area contributed by atoms with Gasteiger partial charge in [-0.25, -0.2) is 0 Å². The molecular formula is C22H25N3O3. The predicted molar refractivity (Wildman–Crippen MR) is 109 cm³/mol. The van der Waals surface area contributed by atoms with Gasteiger partial charge in [0.05, 0.1) is 7.11 Å². The Morgan fingerprint density at radius 3 is 2.50 bits per heavy atom. The summed E-state index contributed by atoms with van der Waals surface area (Å²) in [5.41, 5.74) is 3.31. The Hall–Kier alpha value is -3.28. The molecule has 0 fully saturated rings. The Balaban J connectivity index is 1.35. The number of aromatic nitrogens is 1. The Morgan fingerprint density at radius 2 is 1.71 bits per heavy atom. The minimum Gasteiger partial charge on any atom is -0.497 e. The molecule has 0 aliphatic carbocycles. The molecule has 0 radical (unpaired) electrons. The van der Waals surface area contributed by atoms with Crippen LogP contribution in [0.15, 0.2) is 54.7 Å². The molecule has 0 atom stereocenters. The zero-order valence-electron chi connectivity index (χ0n) is 16.0. The monoisotopic (exact) mass is 379 g/mol. The normalized spacial score (nSPS) is 10.6. The lowest BCUT2D eigenvalue weighted by atomic mass is 10.1. The molecule has 3 aromatic rings. The lowest BCUT2D eigenvalue weighted by molar-refractivity contribution is -0.129. The van der Waals surface area contributed by atoms with Gasteiger partial charge >= 0.3 is 0 Å². The summed E-state index contributed by atoms with van der Waals surface area (Å²) in [6.45, 7) is 0.979. The van der Waals surface area contributed by atoms with E-state index >= 15 is 0 Å². The van der Waals surface area contributed by atoms with Crippen molar-refractivity contribution < 1.29 is 14.3 Å². The maximum atomic E-state index is 12.0. The number of rotatable bonds is 9. The molecule has 0 saturated heterocycles. The second-order valence-corrected chi connectivity index (χ2v) is 6.59. The zero-order chi connectivity index (χ0) is 19.8. The highest BCUT2D eigenvalue weighted by Crippen LogP contribution is 2.17. The van der Waals surface area contributed by atoms with E-state index in [1.165, 1.54) is 0 Å². The van der Waals surface area contributed by atoms with Gasteiger partial charge < -0.3 is 20.4 Å². The molecule has 0 aliphatic heterocycles. The maximum absolute atomic E-state index is 12.0. The van der Waals surface area contributed by atoms with E-state index in [1.54, 1.807) is 7.11 Å². The lowest BCUT2D eigenvalue weighted by Gasteiger charge is -2.07. The number of aromatic amines is 1. The summed E-state index contributed by atoms with van der Waals surface area (Å²) < 4.78 is 5.18. The average molecular weight is 379 g/mol. The van der Waals surface area contributed by atoms with E-state index in [1.807, 2.05) is 48.7 Å². The second-order valence-electron chi connectivity index (χ2n) is 6.59. The van der Waals surface area contributed by atoms with Crippen LogP contribution in [0, 0.1) is 0 Å². The highest BCUT2D eigenvalue weighted by molar-refractivity contribution is 5.96. The third-order valence-electron chi connectivity index (χ3n) is 4.58. The van der Waals surface area contributed by atoms with Crippen molar-refractivity contribution in [1.29, 1.82) is 0 Å². The number of hydrogen-bond acceptors (Lipinski definition) is 3. The summed E-state index contributed by atoms with van der Waals surface area (Å²) in [5.74, 6) is 0.254. The van der Waals surface area contributed by atoms with Crippen molar-refractivity contribution in [3.63, 3.8) is 0 Å². The molecule has 0 aliphatic rings. The van der Waals surface area contributed by atoms with Gasteiger partial charge in [-0.3, -0.25) is 9.59 Å². The SMILES string of the molecule is COc1cccc(CCNC(=O)CC(=O)NCCc2c[nH]c3ccccc23)c1. The van der Waals surface area contributed by atoms with Crippen molar-refractivity contribution in [2.45, 2.75) is 19.3 Å². The quantitative estimate of drug-likeness (QED) is 0.500. The van der Waals surface area contributed by atoms with Crippen molar-refractivity contribution in [2.24, 2.45) is 0 Å². The third kappa shape index (κ3) is 5.36. The van der Waals surface area contributed by atoms with Crippen molar-refractivity contribution in [1.82, 2.24) is 15.6 Å². The van der Waals surface area contributed by atoms with Crippen LogP contribution >= 0.6 is 0 Å². The van der Waals surface area contributed by atoms with Gasteiger partial charge in [-0.1, -0.05) is 30.3 Å². The third-order valence-corrected chi connectivity index (χ3v) is 4.58. The molecular weight excluding hydrogens is 354 g/mol. The topological polar surface area (TPSA) is 83.2 Å². The molecule has 3 N–H and O–H groups in total. The summed E-state index contributed by atoms with van der Waals surface area (Å²) >= 11 is 0. The van der Waals surface area contributed by atoms with Crippen LogP contribution in [0.1, 0.15) is 17.5 Å². The number of ether oxygens (including phenoxy) is 1. The van der Waals surface area contributed by atoms with E-state index in [-0.39, 0.29) is 18.2 Å². The first-order chi connectivity index (χ1) is 13.7. The largest absolute Gasteiger partial charge is 0.497 e. The van der Waals surface area contributed by atoms with E-state index in [0.717, 1.165) is 27.8 Å². The van der Waals surface area contributed by atoms with Gasteiger partial charge in [0, 0.05) is 30.2 Å². The number of para-hydroxylation sites is 1. The molecule has 3 rings (SSSR count). The molecule has 0 unspecified atom stereocenters. The Kier molecular flexibility index (Phi) is 6.68. The minimum atomic E-state index is -0.271. The number of carbonyl (C=O) groups is 2. The summed E-state index contributed by atoms with van der Waals surface area (Å²) in [6.07, 6.45) is 3.20. The summed E-state index contributed by atoms with van der Waals surface area (Å²) in [4.78, 5) is 27.1. The van der Waals surface area contributed by atoms with Gasteiger partial charge in [0.15, 0.2) is 0 Å². The van der Waals surface area contributed by atoms with Crippen molar-refractivity contribution in [3.05, 3.63) is 65.9 Å². The van der Waals surface area contributed by atoms with Gasteiger partial charge in [0.25, 0.3) is 0 Å². The van der Waals surface area contributed by atoms with Crippen LogP contribution in [0.5, 0.6) is 5.75 Å². The van der Waals surface area contributed by atoms with Crippen LogP contribution in [0.25, 0.3) is 10.9 Å². The average Bonchev–Trinajstić information content (AvgIpc) is 3.11. The molecule has 0 saturated carbocycles. The fraction of sp³-hybridized carbons (Fsp3) is 0.273. The molecule has 2 amide bonds. The van der Waals surface area contributed by atoms with Gasteiger partial charge in [-0.05, 0) is 42.2 Å². The van der Waals surface area contributed by atoms with Gasteiger partial charge in [-0.2, -0.15) is 0 Å². The zero-order valence-corrected chi connectivity index (χ0v) is 16.0. The van der Waals surface area contributed by atoms with Crippen LogP contribution in [0.3, 0.4) is 0 Å². The predicted octanol–water partition coefficient (Wildman–Crippen LogP) is 2.58. The molecule has 0 bridgehead atoms. The van der Waals surface area contributed by atoms with Crippen molar-refractivity contribution >= 4 is 22.7 Å². The first-order valence-electron chi connectivity index (χ1n) is 9.37. The summed E-state index contributed by atoms with van der Waals surface area (Å²) in [6, 6.07) is 15.8. The number of nitrogens with one attached hydrogen (secondary N) is 3. The number of carbonyl (C=O) groups excluding carboxylic acids is 2. The van der Waals surface area contributed by atoms with Gasteiger partial charge in [0.2, 0.25) is 11.8 Å². The Labute approximate surface area is 164 Å². The number of fused-ring (bicyclic) bond motifs is 1. The molecule has 28 heavy (non-hydrogen) atoms. The van der Waals surface area contributed by atoms with Gasteiger partial charge in [0.1, 0.15) is 12.2 Å². The van der Waals surface area contributed by atoms with Crippen molar-refractivity contribution in [3.8, 4) is 5.75 Å². The van der Waals surface area contributed by atoms with Crippen LogP contribution in [0.2, 0.25) is 0 Å². The minimum absolute atomic E-state index is 0.161. The standard InChI is InChI=1S/C22H25N3O3/c1-28-18-6-4-5-16(13-18)9-11-23-21(26)14-22(27)24-12-10-17-15-25-20-8-3-2-7-19(17)20/h2-8,13,15,25H,9-12,14H2,1H3,(H,23,26)(H,24,27). The van der Waals surface area contributed by atoms with Crippen molar-refractivity contribution in [2.75, 3.05) is 20.2 Å². The lowest BCUT2D eigenvalue weighted by Crippen LogP contribution is -2.33. The maximum Gasteiger partial charge on any atom is 0.229 e. The number of amides is 2. The number of hydrogen-bond donors (Lipinski definition) is 3. The van der Waals surface area contributed by atoms with Crippen LogP contribution in [-0.2, 0) is 22.4 Å². The Bertz CT molecular complexity index is 949. The van der Waals surface area contributed by atoms with Gasteiger partial charge in [-0.15, -0.1) is 0 Å². The fourth-order valence-corrected chi connectivity index (χ4v) is 3.12. The summed E-state index contributed by atoms with van der Waals surface area (Å²) in [5, 5.41) is 6.75. The molecule has 6 nitrogen and oxygen atoms in total. The summed E-state index contributed by atoms with van der Waals surface area (Å²) in [7, 11) is 1.62. The second kappa shape index (κ2) is 9.60. The van der Waals surface area contributed by atoms with E-state index < -0.39 is 0 Å². The van der Waals surface area contributed by atoms with E-state index in [2.05, 4.69) is 21.7 Å². The number of methoxy groups -OCH3 is 1. The van der Waals surface area contributed by atoms with E-state index in [0.29, 0.717) is 25.9 Å². The highest BCUT2D eigenvalue weighted by Gasteiger charge is 2.09. The number of H-pyrrole nitrogens is 1. The molecule has 6 heteroatoms. The van der Waals surface area contributed by atoms with E-state index in [4.69, 9.17) is 4.74 Å². The van der Waals surface area contributed by atoms with E-state index in [9.17, 15) is 9.59 Å². The van der Waals surface area contributed by atoms with Crippen LogP contribution in [0.4, 0.5) is 0 Å². The molecule has 1 aromatic heterocycles. The smallest absolute Gasteiger partial charge is 0.229 e. The first-order valence-corrected chi connectivity index (χ1v) is 9.37. The molecule has 2 aromatic carbocycles. The Morgan fingerprint density at radius 1 is 0.964 bits per heavy atom. The fourth-order valence-electron chi connectivity index (χ4n) is 3.12.